The molecular weight excluding hydrogens is 291 g/mol. The van der Waals surface area contributed by atoms with Gasteiger partial charge in [-0.2, -0.15) is 0 Å². The molecule has 0 atom stereocenters. The topological polar surface area (TPSA) is 46.2 Å². The first-order chi connectivity index (χ1) is 9.29. The summed E-state index contributed by atoms with van der Waals surface area (Å²) in [5, 5.41) is 0. The Morgan fingerprint density at radius 1 is 0.900 bits per heavy atom. The lowest BCUT2D eigenvalue weighted by atomic mass is 10.2. The maximum absolute atomic E-state index is 13.4. The lowest BCUT2D eigenvalue weighted by molar-refractivity contribution is 0.496. The molecular formula is C13H10F3NO2S. The number of anilines is 1. The fourth-order valence-electron chi connectivity index (χ4n) is 1.52. The quantitative estimate of drug-likeness (QED) is 0.885. The summed E-state index contributed by atoms with van der Waals surface area (Å²) in [6.07, 6.45) is 0. The molecule has 0 saturated carbocycles. The van der Waals surface area contributed by atoms with Crippen LogP contribution in [-0.2, 0) is 10.0 Å². The minimum atomic E-state index is -4.06. The molecule has 2 rings (SSSR count). The molecule has 0 aliphatic rings. The molecule has 3 nitrogen and oxygen atoms in total. The first kappa shape index (κ1) is 14.4. The molecule has 0 amide bonds. The van der Waals surface area contributed by atoms with E-state index >= 15 is 0 Å². The van der Waals surface area contributed by atoms with Crippen LogP contribution in [0.1, 0.15) is 5.56 Å². The van der Waals surface area contributed by atoms with Gasteiger partial charge in [-0.05, 0) is 19.1 Å². The highest BCUT2D eigenvalue weighted by Gasteiger charge is 2.18. The number of halogens is 3. The van der Waals surface area contributed by atoms with E-state index in [2.05, 4.69) is 0 Å². The third kappa shape index (κ3) is 2.93. The predicted octanol–water partition coefficient (Wildman–Crippen LogP) is 3.21. The molecule has 0 unspecified atom stereocenters. The number of rotatable bonds is 3. The second kappa shape index (κ2) is 5.16. The summed E-state index contributed by atoms with van der Waals surface area (Å²) in [6.45, 7) is 1.78. The second-order valence-corrected chi connectivity index (χ2v) is 5.85. The Bertz CT molecular complexity index is 743. The number of hydrogen-bond donors (Lipinski definition) is 1. The zero-order valence-corrected chi connectivity index (χ0v) is 11.1. The summed E-state index contributed by atoms with van der Waals surface area (Å²) < 4.78 is 65.0. The summed E-state index contributed by atoms with van der Waals surface area (Å²) in [5.74, 6) is -3.92. The SMILES string of the molecule is Cc1ccc(S(=O)(=O)Nc2cc(F)c(F)cc2F)cc1. The Hall–Kier alpha value is -2.02. The summed E-state index contributed by atoms with van der Waals surface area (Å²) in [6, 6.07) is 6.52. The van der Waals surface area contributed by atoms with Crippen molar-refractivity contribution in [2.45, 2.75) is 11.8 Å². The van der Waals surface area contributed by atoms with Crippen LogP contribution in [0, 0.1) is 24.4 Å². The molecule has 7 heteroatoms. The summed E-state index contributed by atoms with van der Waals surface area (Å²) in [4.78, 5) is -0.104. The molecule has 1 N–H and O–H groups in total. The van der Waals surface area contributed by atoms with Crippen molar-refractivity contribution in [3.8, 4) is 0 Å². The van der Waals surface area contributed by atoms with Gasteiger partial charge in [-0.15, -0.1) is 0 Å². The largest absolute Gasteiger partial charge is 0.277 e. The van der Waals surface area contributed by atoms with Gasteiger partial charge in [-0.1, -0.05) is 17.7 Å². The predicted molar refractivity (Wildman–Crippen MR) is 68.3 cm³/mol. The first-order valence-corrected chi connectivity index (χ1v) is 7.02. The van der Waals surface area contributed by atoms with Gasteiger partial charge in [0.05, 0.1) is 10.6 Å². The normalized spacial score (nSPS) is 11.4. The third-order valence-electron chi connectivity index (χ3n) is 2.59. The molecule has 0 aliphatic heterocycles. The molecule has 0 bridgehead atoms. The van der Waals surface area contributed by atoms with Crippen molar-refractivity contribution in [3.63, 3.8) is 0 Å². The highest BCUT2D eigenvalue weighted by atomic mass is 32.2. The van der Waals surface area contributed by atoms with Crippen molar-refractivity contribution in [1.29, 1.82) is 0 Å². The van der Waals surface area contributed by atoms with E-state index in [0.717, 1.165) is 5.56 Å². The van der Waals surface area contributed by atoms with Crippen LogP contribution < -0.4 is 4.72 Å². The van der Waals surface area contributed by atoms with Crippen LogP contribution in [0.4, 0.5) is 18.9 Å². The summed E-state index contributed by atoms with van der Waals surface area (Å²) in [7, 11) is -4.06. The monoisotopic (exact) mass is 301 g/mol. The van der Waals surface area contributed by atoms with Crippen LogP contribution in [0.15, 0.2) is 41.3 Å². The van der Waals surface area contributed by atoms with Crippen LogP contribution in [0.25, 0.3) is 0 Å². The molecule has 0 saturated heterocycles. The molecule has 0 spiro atoms. The van der Waals surface area contributed by atoms with Gasteiger partial charge in [0.1, 0.15) is 5.82 Å². The van der Waals surface area contributed by atoms with Crippen LogP contribution in [0.5, 0.6) is 0 Å². The van der Waals surface area contributed by atoms with Gasteiger partial charge < -0.3 is 0 Å². The Morgan fingerprint density at radius 2 is 1.45 bits per heavy atom. The highest BCUT2D eigenvalue weighted by Crippen LogP contribution is 2.22. The van der Waals surface area contributed by atoms with Crippen LogP contribution in [0.2, 0.25) is 0 Å². The van der Waals surface area contributed by atoms with E-state index in [1.807, 2.05) is 4.72 Å². The maximum atomic E-state index is 13.4. The third-order valence-corrected chi connectivity index (χ3v) is 3.97. The summed E-state index contributed by atoms with van der Waals surface area (Å²) in [5.41, 5.74) is 0.201. The van der Waals surface area contributed by atoms with E-state index in [1.165, 1.54) is 12.1 Å². The molecule has 0 aromatic heterocycles. The number of hydrogen-bond acceptors (Lipinski definition) is 2. The first-order valence-electron chi connectivity index (χ1n) is 5.53. The Morgan fingerprint density at radius 3 is 2.05 bits per heavy atom. The molecule has 106 valence electrons. The minimum Gasteiger partial charge on any atom is -0.277 e. The fraction of sp³-hybridized carbons (Fsp3) is 0.0769. The van der Waals surface area contributed by atoms with Crippen molar-refractivity contribution >= 4 is 15.7 Å². The molecule has 20 heavy (non-hydrogen) atoms. The van der Waals surface area contributed by atoms with Crippen LogP contribution >= 0.6 is 0 Å². The minimum absolute atomic E-state index is 0.104. The highest BCUT2D eigenvalue weighted by molar-refractivity contribution is 7.92. The van der Waals surface area contributed by atoms with E-state index < -0.39 is 33.2 Å². The zero-order chi connectivity index (χ0) is 14.9. The van der Waals surface area contributed by atoms with Gasteiger partial charge >= 0.3 is 0 Å². The number of benzene rings is 2. The van der Waals surface area contributed by atoms with E-state index in [0.29, 0.717) is 6.07 Å². The van der Waals surface area contributed by atoms with Crippen molar-refractivity contribution in [2.24, 2.45) is 0 Å². The van der Waals surface area contributed by atoms with Crippen molar-refractivity contribution < 1.29 is 21.6 Å². The number of aryl methyl sites for hydroxylation is 1. The van der Waals surface area contributed by atoms with Crippen LogP contribution in [-0.4, -0.2) is 8.42 Å². The van der Waals surface area contributed by atoms with Crippen molar-refractivity contribution in [1.82, 2.24) is 0 Å². The number of nitrogens with one attached hydrogen (secondary N) is 1. The second-order valence-electron chi connectivity index (χ2n) is 4.16. The van der Waals surface area contributed by atoms with E-state index in [9.17, 15) is 21.6 Å². The Kier molecular flexibility index (Phi) is 3.71. The van der Waals surface area contributed by atoms with E-state index in [1.54, 1.807) is 19.1 Å². The van der Waals surface area contributed by atoms with Crippen molar-refractivity contribution in [3.05, 3.63) is 59.4 Å². The molecule has 0 fully saturated rings. The van der Waals surface area contributed by atoms with Gasteiger partial charge in [0.25, 0.3) is 10.0 Å². The van der Waals surface area contributed by atoms with E-state index in [-0.39, 0.29) is 11.0 Å². The lowest BCUT2D eigenvalue weighted by Gasteiger charge is -2.09. The zero-order valence-electron chi connectivity index (χ0n) is 10.3. The lowest BCUT2D eigenvalue weighted by Crippen LogP contribution is -2.14. The maximum Gasteiger partial charge on any atom is 0.261 e. The van der Waals surface area contributed by atoms with Gasteiger partial charge in [0, 0.05) is 12.1 Å². The average molecular weight is 301 g/mol. The molecule has 0 heterocycles. The molecule has 2 aromatic carbocycles. The van der Waals surface area contributed by atoms with E-state index in [4.69, 9.17) is 0 Å². The van der Waals surface area contributed by atoms with Gasteiger partial charge in [-0.25, -0.2) is 21.6 Å². The Labute approximate surface area is 114 Å². The average Bonchev–Trinajstić information content (AvgIpc) is 2.36. The van der Waals surface area contributed by atoms with Gasteiger partial charge in [-0.3, -0.25) is 4.72 Å². The van der Waals surface area contributed by atoms with Crippen LogP contribution in [0.3, 0.4) is 0 Å². The smallest absolute Gasteiger partial charge is 0.261 e. The fourth-order valence-corrected chi connectivity index (χ4v) is 2.58. The Balaban J connectivity index is 2.38. The molecule has 0 radical (unpaired) electrons. The standard InChI is InChI=1S/C13H10F3NO2S/c1-8-2-4-9(5-3-8)20(18,19)17-13-7-11(15)10(14)6-12(13)16/h2-7,17H,1H3. The molecule has 2 aromatic rings. The van der Waals surface area contributed by atoms with Gasteiger partial charge in [0.2, 0.25) is 0 Å². The number of sulfonamides is 1. The van der Waals surface area contributed by atoms with Gasteiger partial charge in [0.15, 0.2) is 11.6 Å². The summed E-state index contributed by atoms with van der Waals surface area (Å²) >= 11 is 0. The molecule has 0 aliphatic carbocycles. The van der Waals surface area contributed by atoms with Crippen molar-refractivity contribution in [2.75, 3.05) is 4.72 Å².